The van der Waals surface area contributed by atoms with Crippen molar-refractivity contribution in [2.24, 2.45) is 5.92 Å². The summed E-state index contributed by atoms with van der Waals surface area (Å²) in [6, 6.07) is 0. The maximum Gasteiger partial charge on any atom is 0.125 e. The van der Waals surface area contributed by atoms with Crippen LogP contribution in [0.25, 0.3) is 0 Å². The highest BCUT2D eigenvalue weighted by molar-refractivity contribution is 5.29. The fourth-order valence-electron chi connectivity index (χ4n) is 3.55. The number of ether oxygens (including phenoxy) is 4. The van der Waals surface area contributed by atoms with Gasteiger partial charge in [-0.1, -0.05) is 6.92 Å². The Morgan fingerprint density at radius 1 is 1.27 bits per heavy atom. The molecule has 22 heavy (non-hydrogen) atoms. The summed E-state index contributed by atoms with van der Waals surface area (Å²) >= 11 is 0. The zero-order valence-electron chi connectivity index (χ0n) is 14.0. The van der Waals surface area contributed by atoms with E-state index in [4.69, 9.17) is 18.9 Å². The van der Waals surface area contributed by atoms with Crippen LogP contribution in [0, 0.1) is 5.92 Å². The zero-order chi connectivity index (χ0) is 15.5. The van der Waals surface area contributed by atoms with Crippen molar-refractivity contribution in [2.75, 3.05) is 47.1 Å². The molecule has 0 bridgehead atoms. The first-order valence-electron chi connectivity index (χ1n) is 8.51. The van der Waals surface area contributed by atoms with Gasteiger partial charge in [0, 0.05) is 44.5 Å². The topological polar surface area (TPSA) is 40.2 Å². The van der Waals surface area contributed by atoms with Gasteiger partial charge in [0.15, 0.2) is 0 Å². The molecule has 0 aromatic carbocycles. The average Bonchev–Trinajstić information content (AvgIpc) is 2.80. The highest BCUT2D eigenvalue weighted by atomic mass is 16.5. The molecule has 3 atom stereocenters. The van der Waals surface area contributed by atoms with Crippen molar-refractivity contribution in [3.8, 4) is 0 Å². The Morgan fingerprint density at radius 3 is 2.77 bits per heavy atom. The van der Waals surface area contributed by atoms with Crippen molar-refractivity contribution >= 4 is 0 Å². The van der Waals surface area contributed by atoms with Crippen LogP contribution in [0.5, 0.6) is 0 Å². The molecular formula is C17H29NO4. The van der Waals surface area contributed by atoms with Gasteiger partial charge in [-0.2, -0.15) is 0 Å². The molecule has 0 aromatic rings. The SMILES string of the molecule is CC[C@H](COCCOC1CN(C)C1)C1=C2CC(OC)C[C@H]2O1. The first-order valence-corrected chi connectivity index (χ1v) is 8.51. The number of likely N-dealkylation sites (tertiary alicyclic amines) is 1. The molecule has 5 heteroatoms. The molecule has 3 aliphatic rings. The third-order valence-corrected chi connectivity index (χ3v) is 5.03. The maximum absolute atomic E-state index is 5.96. The van der Waals surface area contributed by atoms with Gasteiger partial charge in [-0.3, -0.25) is 0 Å². The van der Waals surface area contributed by atoms with Crippen molar-refractivity contribution in [2.45, 2.75) is 44.5 Å². The molecule has 2 aliphatic heterocycles. The molecule has 2 heterocycles. The molecule has 0 radical (unpaired) electrons. The van der Waals surface area contributed by atoms with Gasteiger partial charge in [0.2, 0.25) is 0 Å². The van der Waals surface area contributed by atoms with Crippen LogP contribution in [-0.2, 0) is 18.9 Å². The molecule has 0 N–H and O–H groups in total. The van der Waals surface area contributed by atoms with Gasteiger partial charge in [0.05, 0.1) is 32.0 Å². The highest BCUT2D eigenvalue weighted by Crippen LogP contribution is 2.44. The van der Waals surface area contributed by atoms with Gasteiger partial charge in [-0.15, -0.1) is 0 Å². The van der Waals surface area contributed by atoms with E-state index in [0.717, 1.165) is 39.0 Å². The molecule has 1 saturated heterocycles. The fraction of sp³-hybridized carbons (Fsp3) is 0.882. The quantitative estimate of drug-likeness (QED) is 0.608. The zero-order valence-corrected chi connectivity index (χ0v) is 14.0. The number of fused-ring (bicyclic) bond motifs is 1. The van der Waals surface area contributed by atoms with Gasteiger partial charge < -0.3 is 23.8 Å². The predicted octanol–water partition coefficient (Wildman–Crippen LogP) is 1.82. The van der Waals surface area contributed by atoms with Gasteiger partial charge >= 0.3 is 0 Å². The predicted molar refractivity (Wildman–Crippen MR) is 83.8 cm³/mol. The number of methoxy groups -OCH3 is 1. The summed E-state index contributed by atoms with van der Waals surface area (Å²) in [5.74, 6) is 1.56. The number of nitrogens with zero attached hydrogens (tertiary/aromatic N) is 1. The third kappa shape index (κ3) is 3.48. The number of hydrogen-bond donors (Lipinski definition) is 0. The van der Waals surface area contributed by atoms with Crippen molar-refractivity contribution < 1.29 is 18.9 Å². The van der Waals surface area contributed by atoms with Crippen LogP contribution in [0.15, 0.2) is 11.3 Å². The summed E-state index contributed by atoms with van der Waals surface area (Å²) in [4.78, 5) is 2.26. The van der Waals surface area contributed by atoms with E-state index >= 15 is 0 Å². The molecule has 0 spiro atoms. The minimum absolute atomic E-state index is 0.313. The van der Waals surface area contributed by atoms with E-state index in [2.05, 4.69) is 18.9 Å². The first-order chi connectivity index (χ1) is 10.7. The van der Waals surface area contributed by atoms with Crippen LogP contribution in [-0.4, -0.2) is 70.3 Å². The van der Waals surface area contributed by atoms with Crippen molar-refractivity contribution in [3.63, 3.8) is 0 Å². The van der Waals surface area contributed by atoms with E-state index in [1.807, 2.05) is 0 Å². The van der Waals surface area contributed by atoms with Crippen LogP contribution < -0.4 is 0 Å². The smallest absolute Gasteiger partial charge is 0.125 e. The van der Waals surface area contributed by atoms with E-state index in [1.54, 1.807) is 7.11 Å². The lowest BCUT2D eigenvalue weighted by atomic mass is 9.94. The van der Waals surface area contributed by atoms with Gasteiger partial charge in [0.25, 0.3) is 0 Å². The summed E-state index contributed by atoms with van der Waals surface area (Å²) in [5.41, 5.74) is 1.47. The second-order valence-corrected chi connectivity index (χ2v) is 6.69. The summed E-state index contributed by atoms with van der Waals surface area (Å²) in [7, 11) is 3.90. The van der Waals surface area contributed by atoms with Crippen LogP contribution >= 0.6 is 0 Å². The number of likely N-dealkylation sites (N-methyl/N-ethyl adjacent to an activating group) is 1. The van der Waals surface area contributed by atoms with Crippen molar-refractivity contribution in [1.82, 2.24) is 4.90 Å². The third-order valence-electron chi connectivity index (χ3n) is 5.03. The van der Waals surface area contributed by atoms with E-state index < -0.39 is 0 Å². The summed E-state index contributed by atoms with van der Waals surface area (Å²) in [6.07, 6.45) is 4.15. The van der Waals surface area contributed by atoms with Crippen molar-refractivity contribution in [1.29, 1.82) is 0 Å². The largest absolute Gasteiger partial charge is 0.490 e. The van der Waals surface area contributed by atoms with Crippen LogP contribution in [0.3, 0.4) is 0 Å². The molecule has 2 fully saturated rings. The normalized spacial score (nSPS) is 29.8. The monoisotopic (exact) mass is 311 g/mol. The van der Waals surface area contributed by atoms with Crippen LogP contribution in [0.1, 0.15) is 26.2 Å². The van der Waals surface area contributed by atoms with Crippen LogP contribution in [0.4, 0.5) is 0 Å². The number of hydrogen-bond acceptors (Lipinski definition) is 5. The Bertz CT molecular complexity index is 405. The molecule has 1 saturated carbocycles. The van der Waals surface area contributed by atoms with Gasteiger partial charge in [-0.05, 0) is 13.5 Å². The molecule has 126 valence electrons. The molecule has 1 unspecified atom stereocenters. The molecular weight excluding hydrogens is 282 g/mol. The molecule has 0 aromatic heterocycles. The van der Waals surface area contributed by atoms with E-state index in [1.165, 1.54) is 11.3 Å². The molecule has 5 nitrogen and oxygen atoms in total. The van der Waals surface area contributed by atoms with Crippen molar-refractivity contribution in [3.05, 3.63) is 11.3 Å². The van der Waals surface area contributed by atoms with Gasteiger partial charge in [0.1, 0.15) is 11.9 Å². The Balaban J connectivity index is 1.35. The lowest BCUT2D eigenvalue weighted by molar-refractivity contribution is -0.0661. The average molecular weight is 311 g/mol. The summed E-state index contributed by atoms with van der Waals surface area (Å²) in [5, 5.41) is 0. The Morgan fingerprint density at radius 2 is 2.09 bits per heavy atom. The highest BCUT2D eigenvalue weighted by Gasteiger charge is 2.43. The van der Waals surface area contributed by atoms with E-state index in [-0.39, 0.29) is 0 Å². The molecule has 3 rings (SSSR count). The Labute approximate surface area is 133 Å². The summed E-state index contributed by atoms with van der Waals surface area (Å²) < 4.78 is 23.0. The van der Waals surface area contributed by atoms with E-state index in [0.29, 0.717) is 37.4 Å². The number of rotatable bonds is 9. The van der Waals surface area contributed by atoms with E-state index in [9.17, 15) is 0 Å². The second-order valence-electron chi connectivity index (χ2n) is 6.69. The lowest BCUT2D eigenvalue weighted by Gasteiger charge is -2.36. The molecule has 0 amide bonds. The Hall–Kier alpha value is -0.620. The summed E-state index contributed by atoms with van der Waals surface area (Å²) in [6.45, 7) is 6.38. The standard InChI is InChI=1S/C17H29NO4/c1-4-12(11-20-5-6-21-14-9-18(2)10-14)17-15-7-13(19-3)8-16(15)22-17/h12-14,16H,4-11H2,1-3H3/t12-,13?,16-/m1/s1. The first kappa shape index (κ1) is 16.2. The van der Waals surface area contributed by atoms with Gasteiger partial charge in [-0.25, -0.2) is 0 Å². The minimum atomic E-state index is 0.313. The second kappa shape index (κ2) is 7.30. The molecule has 1 aliphatic carbocycles. The Kier molecular flexibility index (Phi) is 5.39. The maximum atomic E-state index is 5.96. The lowest BCUT2D eigenvalue weighted by Crippen LogP contribution is -2.49. The fourth-order valence-corrected chi connectivity index (χ4v) is 3.55. The van der Waals surface area contributed by atoms with Crippen LogP contribution in [0.2, 0.25) is 0 Å². The minimum Gasteiger partial charge on any atom is -0.490 e.